The number of hydrogen-bond donors (Lipinski definition) is 1. The summed E-state index contributed by atoms with van der Waals surface area (Å²) in [6, 6.07) is 0. The van der Waals surface area contributed by atoms with E-state index in [0.717, 1.165) is 13.0 Å². The maximum Gasteiger partial charge on any atom is 0.252 e. The van der Waals surface area contributed by atoms with Gasteiger partial charge in [0.05, 0.1) is 0 Å². The highest BCUT2D eigenvalue weighted by Gasteiger charge is 2.39. The number of piperidine rings is 1. The van der Waals surface area contributed by atoms with Crippen LogP contribution in [0.4, 0.5) is 8.78 Å². The van der Waals surface area contributed by atoms with Gasteiger partial charge in [0, 0.05) is 18.9 Å². The summed E-state index contributed by atoms with van der Waals surface area (Å²) in [5.74, 6) is -2.83. The first-order chi connectivity index (χ1) is 6.02. The van der Waals surface area contributed by atoms with Gasteiger partial charge in [0.1, 0.15) is 0 Å². The van der Waals surface area contributed by atoms with Crippen LogP contribution in [0.5, 0.6) is 0 Å². The second-order valence-electron chi connectivity index (χ2n) is 4.40. The van der Waals surface area contributed by atoms with E-state index in [9.17, 15) is 8.78 Å². The van der Waals surface area contributed by atoms with E-state index in [0.29, 0.717) is 13.0 Å². The molecule has 1 atom stereocenters. The van der Waals surface area contributed by atoms with E-state index in [2.05, 4.69) is 5.32 Å². The first kappa shape index (κ1) is 14.1. The molecule has 86 valence electrons. The second kappa shape index (κ2) is 5.86. The third-order valence-electron chi connectivity index (χ3n) is 2.57. The highest BCUT2D eigenvalue weighted by molar-refractivity contribution is 5.85. The van der Waals surface area contributed by atoms with Gasteiger partial charge in [-0.25, -0.2) is 8.78 Å². The Labute approximate surface area is 91.1 Å². The van der Waals surface area contributed by atoms with Crippen molar-refractivity contribution in [2.75, 3.05) is 13.1 Å². The fourth-order valence-corrected chi connectivity index (χ4v) is 1.92. The Morgan fingerprint density at radius 2 is 2.07 bits per heavy atom. The molecule has 0 spiro atoms. The summed E-state index contributed by atoms with van der Waals surface area (Å²) in [5.41, 5.74) is 0. The smallest absolute Gasteiger partial charge is 0.252 e. The highest BCUT2D eigenvalue weighted by atomic mass is 35.5. The lowest BCUT2D eigenvalue weighted by molar-refractivity contribution is -0.0808. The molecule has 0 saturated carbocycles. The van der Waals surface area contributed by atoms with Gasteiger partial charge in [-0.15, -0.1) is 12.4 Å². The van der Waals surface area contributed by atoms with E-state index in [-0.39, 0.29) is 24.7 Å². The minimum Gasteiger partial charge on any atom is -0.316 e. The Morgan fingerprint density at radius 1 is 1.43 bits per heavy atom. The first-order valence-electron chi connectivity index (χ1n) is 5.11. The van der Waals surface area contributed by atoms with E-state index in [1.54, 1.807) is 0 Å². The maximum atomic E-state index is 13.5. The summed E-state index contributed by atoms with van der Waals surface area (Å²) < 4.78 is 27.0. The number of nitrogens with one attached hydrogen (secondary N) is 1. The molecule has 1 unspecified atom stereocenters. The normalized spacial score (nSPS) is 23.4. The fourth-order valence-electron chi connectivity index (χ4n) is 1.92. The zero-order valence-electron chi connectivity index (χ0n) is 8.85. The van der Waals surface area contributed by atoms with Crippen LogP contribution < -0.4 is 5.32 Å². The highest BCUT2D eigenvalue weighted by Crippen LogP contribution is 2.34. The molecule has 1 aliphatic rings. The van der Waals surface area contributed by atoms with Crippen molar-refractivity contribution in [3.63, 3.8) is 0 Å². The van der Waals surface area contributed by atoms with Gasteiger partial charge in [0.25, 0.3) is 5.92 Å². The van der Waals surface area contributed by atoms with Crippen molar-refractivity contribution < 1.29 is 8.78 Å². The van der Waals surface area contributed by atoms with Crippen molar-refractivity contribution in [2.45, 2.75) is 39.0 Å². The predicted molar refractivity (Wildman–Crippen MR) is 57.2 cm³/mol. The Morgan fingerprint density at radius 3 is 2.50 bits per heavy atom. The zero-order valence-corrected chi connectivity index (χ0v) is 9.67. The van der Waals surface area contributed by atoms with Gasteiger partial charge in [-0.1, -0.05) is 13.8 Å². The first-order valence-corrected chi connectivity index (χ1v) is 5.11. The van der Waals surface area contributed by atoms with Crippen molar-refractivity contribution >= 4 is 12.4 Å². The Hall–Kier alpha value is 0.110. The minimum absolute atomic E-state index is 0. The molecule has 1 rings (SSSR count). The molecule has 14 heavy (non-hydrogen) atoms. The lowest BCUT2D eigenvalue weighted by Gasteiger charge is -2.31. The SMILES string of the molecule is CC(C)CC(F)(F)C1CCCNC1.Cl. The molecule has 1 nitrogen and oxygen atoms in total. The molecule has 0 aromatic rings. The van der Waals surface area contributed by atoms with E-state index < -0.39 is 11.8 Å². The Balaban J connectivity index is 0.00000169. The number of rotatable bonds is 3. The van der Waals surface area contributed by atoms with Crippen LogP contribution in [-0.2, 0) is 0 Å². The molecular weight excluding hydrogens is 208 g/mol. The third-order valence-corrected chi connectivity index (χ3v) is 2.57. The van der Waals surface area contributed by atoms with E-state index in [4.69, 9.17) is 0 Å². The van der Waals surface area contributed by atoms with Crippen LogP contribution in [0.15, 0.2) is 0 Å². The van der Waals surface area contributed by atoms with Crippen LogP contribution in [0.1, 0.15) is 33.1 Å². The zero-order chi connectivity index (χ0) is 9.90. The van der Waals surface area contributed by atoms with Crippen LogP contribution in [0.2, 0.25) is 0 Å². The molecule has 4 heteroatoms. The quantitative estimate of drug-likeness (QED) is 0.782. The molecule has 1 aliphatic heterocycles. The molecular formula is C10H20ClF2N. The lowest BCUT2D eigenvalue weighted by Crippen LogP contribution is -2.41. The van der Waals surface area contributed by atoms with Crippen LogP contribution in [-0.4, -0.2) is 19.0 Å². The van der Waals surface area contributed by atoms with Crippen LogP contribution in [0.25, 0.3) is 0 Å². The summed E-state index contributed by atoms with van der Waals surface area (Å²) in [5, 5.41) is 3.03. The van der Waals surface area contributed by atoms with E-state index >= 15 is 0 Å². The number of halogens is 3. The monoisotopic (exact) mass is 227 g/mol. The topological polar surface area (TPSA) is 12.0 Å². The van der Waals surface area contributed by atoms with Gasteiger partial charge >= 0.3 is 0 Å². The summed E-state index contributed by atoms with van der Waals surface area (Å²) in [6.45, 7) is 5.09. The standard InChI is InChI=1S/C10H19F2N.ClH/c1-8(2)6-10(11,12)9-4-3-5-13-7-9;/h8-9,13H,3-7H2,1-2H3;1H. The fraction of sp³-hybridized carbons (Fsp3) is 1.00. The van der Waals surface area contributed by atoms with Crippen molar-refractivity contribution in [1.29, 1.82) is 0 Å². The Kier molecular flexibility index (Phi) is 5.91. The van der Waals surface area contributed by atoms with Gasteiger partial charge in [-0.05, 0) is 25.3 Å². The number of hydrogen-bond acceptors (Lipinski definition) is 1. The molecule has 1 N–H and O–H groups in total. The van der Waals surface area contributed by atoms with Gasteiger partial charge in [-0.2, -0.15) is 0 Å². The molecule has 1 fully saturated rings. The van der Waals surface area contributed by atoms with Crippen LogP contribution in [0.3, 0.4) is 0 Å². The molecule has 1 heterocycles. The van der Waals surface area contributed by atoms with E-state index in [1.807, 2.05) is 13.8 Å². The summed E-state index contributed by atoms with van der Waals surface area (Å²) in [6.07, 6.45) is 1.59. The minimum atomic E-state index is -2.47. The molecule has 0 bridgehead atoms. The van der Waals surface area contributed by atoms with E-state index in [1.165, 1.54) is 0 Å². The van der Waals surface area contributed by atoms with Gasteiger partial charge < -0.3 is 5.32 Å². The third kappa shape index (κ3) is 4.09. The second-order valence-corrected chi connectivity index (χ2v) is 4.40. The molecule has 0 aliphatic carbocycles. The molecule has 0 aromatic heterocycles. The van der Waals surface area contributed by atoms with Gasteiger partial charge in [-0.3, -0.25) is 0 Å². The molecule has 0 amide bonds. The summed E-state index contributed by atoms with van der Waals surface area (Å²) in [4.78, 5) is 0. The Bertz CT molecular complexity index is 156. The van der Waals surface area contributed by atoms with Gasteiger partial charge in [0.15, 0.2) is 0 Å². The molecule has 0 aromatic carbocycles. The molecule has 0 radical (unpaired) electrons. The average molecular weight is 228 g/mol. The lowest BCUT2D eigenvalue weighted by atomic mass is 9.88. The summed E-state index contributed by atoms with van der Waals surface area (Å²) >= 11 is 0. The van der Waals surface area contributed by atoms with Crippen molar-refractivity contribution in [2.24, 2.45) is 11.8 Å². The largest absolute Gasteiger partial charge is 0.316 e. The molecule has 1 saturated heterocycles. The van der Waals surface area contributed by atoms with Crippen LogP contribution >= 0.6 is 12.4 Å². The van der Waals surface area contributed by atoms with Crippen LogP contribution in [0, 0.1) is 11.8 Å². The predicted octanol–water partition coefficient (Wildman–Crippen LogP) is 3.09. The van der Waals surface area contributed by atoms with Crippen molar-refractivity contribution in [1.82, 2.24) is 5.32 Å². The van der Waals surface area contributed by atoms with Crippen molar-refractivity contribution in [3.8, 4) is 0 Å². The average Bonchev–Trinajstić information content (AvgIpc) is 2.04. The number of alkyl halides is 2. The van der Waals surface area contributed by atoms with Gasteiger partial charge in [0.2, 0.25) is 0 Å². The summed E-state index contributed by atoms with van der Waals surface area (Å²) in [7, 11) is 0. The van der Waals surface area contributed by atoms with Crippen molar-refractivity contribution in [3.05, 3.63) is 0 Å². The maximum absolute atomic E-state index is 13.5.